The van der Waals surface area contributed by atoms with Crippen LogP contribution in [0.3, 0.4) is 0 Å². The largest absolute Gasteiger partial charge is 0.321 e. The van der Waals surface area contributed by atoms with Crippen LogP contribution in [-0.2, 0) is 21.7 Å². The topological polar surface area (TPSA) is 101 Å². The van der Waals surface area contributed by atoms with E-state index in [0.717, 1.165) is 19.3 Å². The number of rotatable bonds is 7. The van der Waals surface area contributed by atoms with Crippen molar-refractivity contribution in [3.63, 3.8) is 0 Å². The normalized spacial score (nSPS) is 27.8. The van der Waals surface area contributed by atoms with Gasteiger partial charge < -0.3 is 5.32 Å². The smallest absolute Gasteiger partial charge is 0.274 e. The molecule has 1 unspecified atom stereocenters. The Morgan fingerprint density at radius 3 is 2.47 bits per heavy atom. The van der Waals surface area contributed by atoms with Gasteiger partial charge in [0.05, 0.1) is 21.0 Å². The lowest BCUT2D eigenvalue weighted by molar-refractivity contribution is -0.160. The molecular formula is C22H25F4N5O2S. The number of halogens is 4. The van der Waals surface area contributed by atoms with E-state index in [2.05, 4.69) is 15.4 Å². The Morgan fingerprint density at radius 2 is 1.97 bits per heavy atom. The zero-order chi connectivity index (χ0) is 24.7. The molecule has 2 aromatic rings. The maximum Gasteiger partial charge on any atom is 0.274 e. The third-order valence-corrected chi connectivity index (χ3v) is 8.28. The average Bonchev–Trinajstić information content (AvgIpc) is 2.95. The lowest BCUT2D eigenvalue weighted by Gasteiger charge is -2.61. The van der Waals surface area contributed by atoms with E-state index >= 15 is 0 Å². The molecule has 34 heavy (non-hydrogen) atoms. The molecule has 0 aliphatic heterocycles. The van der Waals surface area contributed by atoms with Crippen LogP contribution in [-0.4, -0.2) is 37.1 Å². The van der Waals surface area contributed by atoms with Crippen molar-refractivity contribution in [2.75, 3.05) is 11.6 Å². The van der Waals surface area contributed by atoms with Gasteiger partial charge in [0, 0.05) is 42.9 Å². The van der Waals surface area contributed by atoms with Gasteiger partial charge in [-0.15, -0.1) is 0 Å². The second-order valence-corrected chi connectivity index (χ2v) is 12.6. The minimum Gasteiger partial charge on any atom is -0.321 e. The molecule has 0 spiro atoms. The predicted molar refractivity (Wildman–Crippen MR) is 116 cm³/mol. The lowest BCUT2D eigenvalue weighted by atomic mass is 9.43. The number of alkyl halides is 4. The van der Waals surface area contributed by atoms with E-state index in [9.17, 15) is 26.6 Å². The average molecular weight is 500 g/mol. The summed E-state index contributed by atoms with van der Waals surface area (Å²) >= 11 is 0. The number of amides is 1. The fourth-order valence-corrected chi connectivity index (χ4v) is 6.37. The summed E-state index contributed by atoms with van der Waals surface area (Å²) in [6.07, 6.45) is 0.872. The lowest BCUT2D eigenvalue weighted by Crippen LogP contribution is -2.56. The van der Waals surface area contributed by atoms with Crippen LogP contribution in [0.4, 0.5) is 23.2 Å². The molecule has 7 nitrogen and oxygen atoms in total. The minimum atomic E-state index is -3.16. The fraction of sp³-hybridized carbons (Fsp3) is 0.591. The van der Waals surface area contributed by atoms with Crippen molar-refractivity contribution in [1.29, 1.82) is 4.78 Å². The first-order valence-electron chi connectivity index (χ1n) is 11.0. The van der Waals surface area contributed by atoms with Crippen molar-refractivity contribution in [3.8, 4) is 0 Å². The van der Waals surface area contributed by atoms with Crippen LogP contribution >= 0.6 is 0 Å². The van der Waals surface area contributed by atoms with Crippen molar-refractivity contribution in [3.05, 3.63) is 35.3 Å². The van der Waals surface area contributed by atoms with Crippen molar-refractivity contribution >= 4 is 21.3 Å². The summed E-state index contributed by atoms with van der Waals surface area (Å²) in [5.41, 5.74) is -1.79. The van der Waals surface area contributed by atoms with Gasteiger partial charge in [0.25, 0.3) is 12.3 Å². The molecule has 2 aromatic heterocycles. The highest BCUT2D eigenvalue weighted by atomic mass is 32.2. The highest BCUT2D eigenvalue weighted by Gasteiger charge is 2.61. The molecule has 0 radical (unpaired) electrons. The molecule has 184 valence electrons. The second-order valence-electron chi connectivity index (χ2n) is 10.5. The van der Waals surface area contributed by atoms with Gasteiger partial charge in [-0.3, -0.25) is 9.48 Å². The number of pyridine rings is 1. The third kappa shape index (κ3) is 3.79. The van der Waals surface area contributed by atoms with E-state index in [4.69, 9.17) is 4.78 Å². The Labute approximate surface area is 194 Å². The number of nitrogens with one attached hydrogen (secondary N) is 2. The van der Waals surface area contributed by atoms with Crippen molar-refractivity contribution in [1.82, 2.24) is 14.8 Å². The molecular weight excluding hydrogens is 474 g/mol. The maximum atomic E-state index is 14.4. The van der Waals surface area contributed by atoms with Gasteiger partial charge in [-0.2, -0.15) is 5.10 Å². The number of carbonyl (C=O) groups is 1. The van der Waals surface area contributed by atoms with Crippen LogP contribution in [0.25, 0.3) is 0 Å². The molecule has 4 saturated carbocycles. The van der Waals surface area contributed by atoms with Crippen LogP contribution in [0, 0.1) is 16.1 Å². The quantitative estimate of drug-likeness (QED) is 0.524. The summed E-state index contributed by atoms with van der Waals surface area (Å²) in [5, 5.41) is 6.90. The van der Waals surface area contributed by atoms with E-state index < -0.39 is 57.2 Å². The van der Waals surface area contributed by atoms with Gasteiger partial charge in [0.2, 0.25) is 5.92 Å². The van der Waals surface area contributed by atoms with Crippen molar-refractivity contribution in [2.45, 2.75) is 68.4 Å². The summed E-state index contributed by atoms with van der Waals surface area (Å²) < 4.78 is 76.8. The third-order valence-electron chi connectivity index (χ3n) is 7.26. The van der Waals surface area contributed by atoms with Crippen LogP contribution in [0.5, 0.6) is 0 Å². The first kappa shape index (κ1) is 23.3. The van der Waals surface area contributed by atoms with Gasteiger partial charge in [-0.25, -0.2) is 31.5 Å². The molecule has 2 N–H and O–H groups in total. The van der Waals surface area contributed by atoms with E-state index in [1.165, 1.54) is 29.3 Å². The number of hydrogen-bond donors (Lipinski definition) is 2. The second kappa shape index (κ2) is 7.25. The van der Waals surface area contributed by atoms with Gasteiger partial charge >= 0.3 is 0 Å². The molecule has 4 aliphatic rings. The molecule has 2 heterocycles. The molecule has 0 aromatic carbocycles. The number of nitrogens with zero attached hydrogens (tertiary/aromatic N) is 3. The van der Waals surface area contributed by atoms with Crippen LogP contribution in [0.1, 0.15) is 67.2 Å². The molecule has 1 atom stereocenters. The monoisotopic (exact) mass is 499 g/mol. The molecule has 4 aliphatic carbocycles. The zero-order valence-electron chi connectivity index (χ0n) is 18.7. The fourth-order valence-electron chi connectivity index (χ4n) is 5.76. The van der Waals surface area contributed by atoms with E-state index in [1.807, 2.05) is 0 Å². The first-order chi connectivity index (χ1) is 15.7. The van der Waals surface area contributed by atoms with Crippen molar-refractivity contribution < 1.29 is 26.6 Å². The Balaban J connectivity index is 1.54. The summed E-state index contributed by atoms with van der Waals surface area (Å²) in [5.74, 6) is -3.19. The number of hydrogen-bond acceptors (Lipinski definition) is 5. The van der Waals surface area contributed by atoms with Gasteiger partial charge in [-0.05, 0) is 42.7 Å². The SMILES string of the molecule is CC1(Cn2nc(C34CC(C3)C4)c(C(F)F)c2C(=O)Nc2ccnc(S(C)(=N)=O)c2)CC(F)(F)C1. The highest BCUT2D eigenvalue weighted by Crippen LogP contribution is 2.66. The molecule has 2 bridgehead atoms. The highest BCUT2D eigenvalue weighted by molar-refractivity contribution is 7.91. The minimum absolute atomic E-state index is 0.0633. The standard InChI is InChI=1S/C22H25F4N5O2S/c1-20(9-22(25,26)10-20)11-31-16(15(18(23)24)17(30-31)21-6-12(7-21)8-21)19(32)29-13-3-4-28-14(5-13)34(2,27)33/h3-5,12,18,27H,6-11H2,1-2H3,(H,28,29,32). The Bertz CT molecular complexity index is 1270. The Hall–Kier alpha value is -2.50. The summed E-state index contributed by atoms with van der Waals surface area (Å²) in [7, 11) is -3.16. The van der Waals surface area contributed by atoms with Crippen LogP contribution in [0.15, 0.2) is 23.4 Å². The van der Waals surface area contributed by atoms with Crippen LogP contribution < -0.4 is 5.32 Å². The zero-order valence-corrected chi connectivity index (χ0v) is 19.5. The van der Waals surface area contributed by atoms with E-state index in [-0.39, 0.29) is 28.6 Å². The summed E-state index contributed by atoms with van der Waals surface area (Å²) in [4.78, 5) is 17.2. The van der Waals surface area contributed by atoms with Gasteiger partial charge in [0.15, 0.2) is 0 Å². The number of carbonyl (C=O) groups excluding carboxylic acids is 1. The Kier molecular flexibility index (Phi) is 4.96. The Morgan fingerprint density at radius 1 is 1.32 bits per heavy atom. The maximum absolute atomic E-state index is 14.4. The van der Waals surface area contributed by atoms with Gasteiger partial charge in [0.1, 0.15) is 10.7 Å². The first-order valence-corrected chi connectivity index (χ1v) is 13.0. The van der Waals surface area contributed by atoms with Crippen LogP contribution in [0.2, 0.25) is 0 Å². The molecule has 1 amide bonds. The summed E-state index contributed by atoms with van der Waals surface area (Å²) in [6.45, 7) is 1.55. The number of aromatic nitrogens is 3. The van der Waals surface area contributed by atoms with Crippen molar-refractivity contribution in [2.24, 2.45) is 11.3 Å². The van der Waals surface area contributed by atoms with Gasteiger partial charge in [-0.1, -0.05) is 6.92 Å². The molecule has 4 fully saturated rings. The summed E-state index contributed by atoms with van der Waals surface area (Å²) in [6, 6.07) is 2.65. The molecule has 0 saturated heterocycles. The molecule has 12 heteroatoms. The molecule has 6 rings (SSSR count). The van der Waals surface area contributed by atoms with E-state index in [0.29, 0.717) is 5.92 Å². The van der Waals surface area contributed by atoms with E-state index in [1.54, 1.807) is 6.92 Å². The predicted octanol–water partition coefficient (Wildman–Crippen LogP) is 4.99. The number of anilines is 1.